The largest absolute Gasteiger partial charge is 0.555 e. The van der Waals surface area contributed by atoms with Crippen LogP contribution in [0, 0.1) is 10.8 Å². The lowest BCUT2D eigenvalue weighted by Crippen LogP contribution is -2.45. The van der Waals surface area contributed by atoms with Crippen molar-refractivity contribution >= 4 is 67.2 Å². The lowest BCUT2D eigenvalue weighted by molar-refractivity contribution is -0.123. The summed E-state index contributed by atoms with van der Waals surface area (Å²) in [6.07, 6.45) is 14.9. The molecule has 1 saturated carbocycles. The maximum atomic E-state index is 12.2. The number of hydrogen-bond acceptors (Lipinski definition) is 12. The van der Waals surface area contributed by atoms with Crippen LogP contribution in [0.3, 0.4) is 0 Å². The molecule has 5 N–H and O–H groups in total. The van der Waals surface area contributed by atoms with Gasteiger partial charge in [-0.1, -0.05) is 123 Å². The third kappa shape index (κ3) is 21.8. The standard InChI is InChI=1S/C27H43BN5O3Si.C22H36BN4O2Si.C4H8.C3H5ClO/c1-20(36-37(6,7)27(2,3)4)26-31-24(17-32(26)5)22-11-9-21(10-12-22)15-23(28-35-19-29)16-30-25(34)18-33-13-8-14-33;1-16(29-30(6,7)22(2,3)4)21-26-20(14-27(21)5)18-10-8-17(9-11-18)12-19(13-24)23-28-15-25;1-2-4-3-1;1-2-3(4)5/h9-12,17,19-20,23,29H,8,13-16,18H2,1-7H3,(H,30,34);8-11,14-16,19,25H,12-13,24H2,1-7H3;1-4H2;2H2,1H3. The summed E-state index contributed by atoms with van der Waals surface area (Å²) in [5.74, 6) is 1.94. The number of imidazole rings is 2. The molecule has 0 spiro atoms. The minimum atomic E-state index is -1.91. The van der Waals surface area contributed by atoms with Gasteiger partial charge >= 0.3 is 15.0 Å². The number of likely N-dealkylation sites (tertiary alicyclic amines) is 1. The van der Waals surface area contributed by atoms with E-state index in [2.05, 4.69) is 162 Å². The lowest BCUT2D eigenvalue weighted by atomic mass is 9.75. The van der Waals surface area contributed by atoms with Crippen molar-refractivity contribution in [2.45, 2.75) is 174 Å². The first-order valence-corrected chi connectivity index (χ1v) is 33.3. The summed E-state index contributed by atoms with van der Waals surface area (Å²) < 4.78 is 27.3. The first-order valence-electron chi connectivity index (χ1n) is 27.1. The number of nitrogens with zero attached hydrogens (tertiary/aromatic N) is 5. The molecule has 2 aromatic heterocycles. The molecule has 2 radical (unpaired) electrons. The lowest BCUT2D eigenvalue weighted by Gasteiger charge is -2.38. The van der Waals surface area contributed by atoms with Gasteiger partial charge < -0.3 is 38.3 Å². The van der Waals surface area contributed by atoms with Crippen LogP contribution in [0.4, 0.5) is 0 Å². The van der Waals surface area contributed by atoms with E-state index in [1.165, 1.54) is 31.2 Å². The minimum Gasteiger partial charge on any atom is -0.555 e. The first kappa shape index (κ1) is 65.9. The number of hydrogen-bond donors (Lipinski definition) is 4. The topological polar surface area (TPSA) is 196 Å². The van der Waals surface area contributed by atoms with E-state index in [1.807, 2.05) is 14.1 Å². The number of rotatable bonds is 24. The summed E-state index contributed by atoms with van der Waals surface area (Å²) >= 11 is 4.82. The molecule has 76 heavy (non-hydrogen) atoms. The van der Waals surface area contributed by atoms with Gasteiger partial charge in [-0.25, -0.2) is 9.97 Å². The molecule has 4 unspecified atom stereocenters. The van der Waals surface area contributed by atoms with Crippen LogP contribution in [-0.2, 0) is 54.7 Å². The van der Waals surface area contributed by atoms with Gasteiger partial charge in [0.2, 0.25) is 11.1 Å². The zero-order valence-corrected chi connectivity index (χ0v) is 51.5. The van der Waals surface area contributed by atoms with Crippen LogP contribution in [-0.4, -0.2) is 112 Å². The molecule has 4 aromatic rings. The van der Waals surface area contributed by atoms with E-state index in [0.29, 0.717) is 32.5 Å². The summed E-state index contributed by atoms with van der Waals surface area (Å²) in [5, 5.41) is 17.2. The van der Waals surface area contributed by atoms with Crippen molar-refractivity contribution in [2.75, 3.05) is 32.7 Å². The van der Waals surface area contributed by atoms with Crippen LogP contribution in [0.2, 0.25) is 47.9 Å². The second-order valence-electron chi connectivity index (χ2n) is 23.1. The molecule has 1 aliphatic heterocycles. The maximum absolute atomic E-state index is 12.2. The fourth-order valence-electron chi connectivity index (χ4n) is 7.52. The number of nitrogens with two attached hydrogens (primary N) is 1. The third-order valence-corrected chi connectivity index (χ3v) is 24.1. The number of carbonyl (C=O) groups excluding carboxylic acids is 2. The van der Waals surface area contributed by atoms with Crippen LogP contribution >= 0.6 is 11.6 Å². The Morgan fingerprint density at radius 1 is 0.724 bits per heavy atom. The molecule has 4 atom stereocenters. The predicted octanol–water partition coefficient (Wildman–Crippen LogP) is 12.0. The highest BCUT2D eigenvalue weighted by Gasteiger charge is 2.40. The normalized spacial score (nSPS) is 15.2. The van der Waals surface area contributed by atoms with E-state index in [1.54, 1.807) is 21.9 Å². The third-order valence-electron chi connectivity index (χ3n) is 14.7. The van der Waals surface area contributed by atoms with Crippen molar-refractivity contribution in [2.24, 2.45) is 19.8 Å². The van der Waals surface area contributed by atoms with Crippen LogP contribution in [0.5, 0.6) is 0 Å². The molecule has 1 amide bonds. The summed E-state index contributed by atoms with van der Waals surface area (Å²) in [6, 6.07) is 16.7. The molecule has 3 heterocycles. The monoisotopic (exact) mass is 1100 g/mol. The van der Waals surface area contributed by atoms with Crippen molar-refractivity contribution in [3.8, 4) is 22.5 Å². The van der Waals surface area contributed by atoms with Crippen molar-refractivity contribution < 1.29 is 27.7 Å². The summed E-state index contributed by atoms with van der Waals surface area (Å²) in [7, 11) is 3.51. The van der Waals surface area contributed by atoms with Gasteiger partial charge in [0.1, 0.15) is 36.7 Å². The van der Waals surface area contributed by atoms with Gasteiger partial charge in [0, 0.05) is 50.6 Å². The fraction of sp³-hybridized carbons (Fsp3) is 0.607. The molecule has 6 rings (SSSR count). The van der Waals surface area contributed by atoms with Crippen molar-refractivity contribution in [3.05, 3.63) is 83.7 Å². The van der Waals surface area contributed by atoms with Gasteiger partial charge in [-0.2, -0.15) is 0 Å². The number of halogens is 1. The molecule has 0 bridgehead atoms. The smallest absolute Gasteiger partial charge is 0.376 e. The Morgan fingerprint density at radius 3 is 1.42 bits per heavy atom. The zero-order valence-electron chi connectivity index (χ0n) is 48.7. The van der Waals surface area contributed by atoms with E-state index >= 15 is 0 Å². The number of aryl methyl sites for hydroxylation is 2. The first-order chi connectivity index (χ1) is 35.6. The Morgan fingerprint density at radius 2 is 1.11 bits per heavy atom. The van der Waals surface area contributed by atoms with E-state index in [0.717, 1.165) is 78.5 Å². The Bertz CT molecular complexity index is 2380. The molecule has 2 aromatic carbocycles. The number of carbonyl (C=O) groups is 2. The molecular weight excluding hydrogens is 1010 g/mol. The van der Waals surface area contributed by atoms with Gasteiger partial charge in [0.05, 0.1) is 17.9 Å². The minimum absolute atomic E-state index is 0.0287. The van der Waals surface area contributed by atoms with E-state index < -0.39 is 16.6 Å². The quantitative estimate of drug-likeness (QED) is 0.0227. The van der Waals surface area contributed by atoms with Crippen LogP contribution in [0.1, 0.15) is 136 Å². The van der Waals surface area contributed by atoms with Gasteiger partial charge in [-0.15, -0.1) is 0 Å². The molecule has 20 heteroatoms. The average molecular weight is 1100 g/mol. The second-order valence-corrected chi connectivity index (χ2v) is 33.1. The van der Waals surface area contributed by atoms with Crippen molar-refractivity contribution in [1.29, 1.82) is 10.8 Å². The molecule has 2 aliphatic rings. The van der Waals surface area contributed by atoms with Gasteiger partial charge in [0.25, 0.3) is 0 Å². The van der Waals surface area contributed by atoms with Crippen LogP contribution in [0.15, 0.2) is 60.9 Å². The molecule has 15 nitrogen and oxygen atoms in total. The highest BCUT2D eigenvalue weighted by molar-refractivity contribution is 6.74. The SMILES string of the molecule is C1CCC1.CC(O[Si](C)(C)C(C)(C)C)c1nc(-c2ccc(CC([B]OC=N)CN)cc2)cn1C.CC(O[Si](C)(C)C(C)(C)C)c1nc(-c2ccc(CC([B]OC=N)CNC(=O)CN3CCC3)cc2)cn1C.CCC(=O)Cl. The molecule has 1 saturated heterocycles. The molecule has 1 aliphatic carbocycles. The number of benzene rings is 2. The average Bonchev–Trinajstić information content (AvgIpc) is 3.91. The Hall–Kier alpha value is -4.37. The Labute approximate surface area is 465 Å². The maximum Gasteiger partial charge on any atom is 0.376 e. The van der Waals surface area contributed by atoms with E-state index in [4.69, 9.17) is 56.3 Å². The van der Waals surface area contributed by atoms with Gasteiger partial charge in [0.15, 0.2) is 16.6 Å². The van der Waals surface area contributed by atoms with E-state index in [9.17, 15) is 9.59 Å². The van der Waals surface area contributed by atoms with Gasteiger partial charge in [-0.05, 0) is 123 Å². The van der Waals surface area contributed by atoms with Crippen molar-refractivity contribution in [3.63, 3.8) is 0 Å². The highest BCUT2D eigenvalue weighted by atomic mass is 35.5. The molecule has 418 valence electrons. The Kier molecular flexibility index (Phi) is 27.1. The number of nitrogens with one attached hydrogen (secondary N) is 3. The zero-order chi connectivity index (χ0) is 56.9. The highest BCUT2D eigenvalue weighted by Crippen LogP contribution is 2.41. The van der Waals surface area contributed by atoms with E-state index in [-0.39, 0.29) is 45.1 Å². The number of aromatic nitrogens is 4. The van der Waals surface area contributed by atoms with Crippen LogP contribution in [0.25, 0.3) is 22.5 Å². The Balaban J connectivity index is 0.000000348. The predicted molar refractivity (Wildman–Crippen MR) is 320 cm³/mol. The number of amides is 1. The van der Waals surface area contributed by atoms with Gasteiger partial charge in [-0.3, -0.25) is 25.3 Å². The molecular formula is C56H92B2ClN9O6Si2. The molecule has 2 fully saturated rings. The fourth-order valence-corrected chi connectivity index (χ4v) is 10.2. The summed E-state index contributed by atoms with van der Waals surface area (Å²) in [6.45, 7) is 31.8. The summed E-state index contributed by atoms with van der Waals surface area (Å²) in [5.41, 5.74) is 12.1. The van der Waals surface area contributed by atoms with Crippen molar-refractivity contribution in [1.82, 2.24) is 29.3 Å². The second kappa shape index (κ2) is 31.3. The van der Waals surface area contributed by atoms with Crippen LogP contribution < -0.4 is 11.1 Å². The summed E-state index contributed by atoms with van der Waals surface area (Å²) in [4.78, 5) is 33.7.